The predicted octanol–water partition coefficient (Wildman–Crippen LogP) is 6.35. The van der Waals surface area contributed by atoms with Gasteiger partial charge in [0.15, 0.2) is 11.2 Å². The van der Waals surface area contributed by atoms with E-state index >= 15 is 0 Å². The molecule has 2 unspecified atom stereocenters. The lowest BCUT2D eigenvalue weighted by Gasteiger charge is -2.40. The summed E-state index contributed by atoms with van der Waals surface area (Å²) < 4.78 is 86.5. The van der Waals surface area contributed by atoms with Crippen molar-refractivity contribution in [3.63, 3.8) is 0 Å². The van der Waals surface area contributed by atoms with Crippen molar-refractivity contribution in [2.45, 2.75) is 43.7 Å². The maximum atomic E-state index is 13.6. The highest BCUT2D eigenvalue weighted by Crippen LogP contribution is 2.37. The van der Waals surface area contributed by atoms with E-state index in [1.165, 1.54) is 23.1 Å². The first-order valence-electron chi connectivity index (χ1n) is 13.7. The molecule has 1 N–H and O–H groups in total. The quantitative estimate of drug-likeness (QED) is 0.260. The molecule has 0 saturated carbocycles. The normalized spacial score (nSPS) is 17.1. The van der Waals surface area contributed by atoms with Gasteiger partial charge >= 0.3 is 12.4 Å². The monoisotopic (exact) mass is 627 g/mol. The van der Waals surface area contributed by atoms with Gasteiger partial charge in [0.2, 0.25) is 0 Å². The van der Waals surface area contributed by atoms with Crippen molar-refractivity contribution in [1.29, 1.82) is 5.26 Å². The summed E-state index contributed by atoms with van der Waals surface area (Å²) in [5.74, 6) is -2.03. The third-order valence-corrected chi connectivity index (χ3v) is 7.54. The predicted molar refractivity (Wildman–Crippen MR) is 149 cm³/mol. The van der Waals surface area contributed by atoms with E-state index < -0.39 is 58.4 Å². The molecule has 2 heterocycles. The highest BCUT2D eigenvalue weighted by atomic mass is 19.4. The van der Waals surface area contributed by atoms with E-state index in [1.807, 2.05) is 6.07 Å². The molecular weight excluding hydrogens is 604 g/mol. The standard InChI is InChI=1S/C32H23F6N3O4/c33-31(34,35)21-12-20(13-22(14-21)32(36,37)38)30(44)41-9-8-23(15-24(41)10-18-4-2-1-3-5-18)40-29(43)28-16-26(42)25-11-19(17-39)6-7-27(25)45-28/h1-7,11-14,16,23-24H,8-10,15H2,(H,40,43). The number of nitrogens with zero attached hydrogens (tertiary/aromatic N) is 2. The van der Waals surface area contributed by atoms with Crippen LogP contribution in [-0.2, 0) is 18.8 Å². The van der Waals surface area contributed by atoms with E-state index in [2.05, 4.69) is 5.32 Å². The molecule has 1 fully saturated rings. The first-order chi connectivity index (χ1) is 21.2. The van der Waals surface area contributed by atoms with Gasteiger partial charge in [-0.05, 0) is 61.2 Å². The molecule has 0 bridgehead atoms. The molecule has 0 aliphatic carbocycles. The second-order valence-electron chi connectivity index (χ2n) is 10.6. The number of piperidine rings is 1. The van der Waals surface area contributed by atoms with Crippen LogP contribution in [0.1, 0.15) is 56.0 Å². The van der Waals surface area contributed by atoms with Gasteiger partial charge in [0, 0.05) is 30.3 Å². The number of carbonyl (C=O) groups is 2. The summed E-state index contributed by atoms with van der Waals surface area (Å²) in [5, 5.41) is 12.0. The summed E-state index contributed by atoms with van der Waals surface area (Å²) in [6, 6.07) is 15.3. The maximum absolute atomic E-state index is 13.6. The molecule has 45 heavy (non-hydrogen) atoms. The zero-order valence-corrected chi connectivity index (χ0v) is 23.2. The molecule has 2 amide bonds. The summed E-state index contributed by atoms with van der Waals surface area (Å²) in [6.45, 7) is -0.0858. The number of carbonyl (C=O) groups excluding carboxylic acids is 2. The molecule has 2 atom stereocenters. The Morgan fingerprint density at radius 2 is 1.60 bits per heavy atom. The second-order valence-corrected chi connectivity index (χ2v) is 10.6. The van der Waals surface area contributed by atoms with Crippen LogP contribution >= 0.6 is 0 Å². The Hall–Kier alpha value is -5.12. The molecule has 1 aliphatic heterocycles. The van der Waals surface area contributed by atoms with Crippen LogP contribution in [0.5, 0.6) is 0 Å². The van der Waals surface area contributed by atoms with Gasteiger partial charge in [-0.2, -0.15) is 31.6 Å². The Labute approximate surface area is 251 Å². The second kappa shape index (κ2) is 12.1. The van der Waals surface area contributed by atoms with Crippen molar-refractivity contribution in [3.8, 4) is 6.07 Å². The molecule has 7 nitrogen and oxygen atoms in total. The number of alkyl halides is 6. The van der Waals surface area contributed by atoms with Gasteiger partial charge in [-0.15, -0.1) is 0 Å². The molecule has 3 aromatic carbocycles. The number of hydrogen-bond donors (Lipinski definition) is 1. The first-order valence-corrected chi connectivity index (χ1v) is 13.7. The lowest BCUT2D eigenvalue weighted by Crippen LogP contribution is -2.52. The summed E-state index contributed by atoms with van der Waals surface area (Å²) in [7, 11) is 0. The third kappa shape index (κ3) is 7.01. The van der Waals surface area contributed by atoms with Crippen LogP contribution < -0.4 is 10.7 Å². The summed E-state index contributed by atoms with van der Waals surface area (Å²) >= 11 is 0. The molecule has 5 rings (SSSR count). The summed E-state index contributed by atoms with van der Waals surface area (Å²) in [6.07, 6.45) is -9.80. The average molecular weight is 628 g/mol. The number of benzene rings is 3. The van der Waals surface area contributed by atoms with Crippen LogP contribution in [0, 0.1) is 11.3 Å². The Bertz CT molecular complexity index is 1830. The molecule has 1 aliphatic rings. The highest BCUT2D eigenvalue weighted by Gasteiger charge is 2.39. The van der Waals surface area contributed by atoms with Crippen LogP contribution in [-0.4, -0.2) is 35.3 Å². The van der Waals surface area contributed by atoms with Crippen molar-refractivity contribution < 1.29 is 40.3 Å². The number of fused-ring (bicyclic) bond motifs is 1. The molecular formula is C32H23F6N3O4. The minimum absolute atomic E-state index is 0.0341. The number of likely N-dealkylation sites (tertiary alicyclic amines) is 1. The molecule has 4 aromatic rings. The number of amides is 2. The summed E-state index contributed by atoms with van der Waals surface area (Å²) in [5.41, 5.74) is -3.41. The first kappa shape index (κ1) is 31.3. The zero-order valence-electron chi connectivity index (χ0n) is 23.2. The minimum atomic E-state index is -5.12. The van der Waals surface area contributed by atoms with Gasteiger partial charge in [0.1, 0.15) is 5.58 Å². The molecule has 232 valence electrons. The fourth-order valence-corrected chi connectivity index (χ4v) is 5.37. The number of nitriles is 1. The van der Waals surface area contributed by atoms with Crippen LogP contribution in [0.15, 0.2) is 82.0 Å². The van der Waals surface area contributed by atoms with Crippen LogP contribution in [0.25, 0.3) is 11.0 Å². The van der Waals surface area contributed by atoms with Gasteiger partial charge in [0.05, 0.1) is 28.1 Å². The molecule has 1 saturated heterocycles. The van der Waals surface area contributed by atoms with Gasteiger partial charge < -0.3 is 14.6 Å². The minimum Gasteiger partial charge on any atom is -0.451 e. The molecule has 1 aromatic heterocycles. The Morgan fingerprint density at radius 3 is 2.22 bits per heavy atom. The highest BCUT2D eigenvalue weighted by molar-refractivity contribution is 5.95. The molecule has 0 radical (unpaired) electrons. The third-order valence-electron chi connectivity index (χ3n) is 7.54. The SMILES string of the molecule is N#Cc1ccc2oc(C(=O)NC3CCN(C(=O)c4cc(C(F)(F)F)cc(C(F)(F)F)c4)C(Cc4ccccc4)C3)cc(=O)c2c1. The van der Waals surface area contributed by atoms with E-state index in [4.69, 9.17) is 9.68 Å². The fraction of sp³-hybridized carbons (Fsp3) is 0.250. The summed E-state index contributed by atoms with van der Waals surface area (Å²) in [4.78, 5) is 40.5. The van der Waals surface area contributed by atoms with E-state index in [-0.39, 0.29) is 54.2 Å². The van der Waals surface area contributed by atoms with E-state index in [1.54, 1.807) is 30.3 Å². The number of nitrogens with one attached hydrogen (secondary N) is 1. The van der Waals surface area contributed by atoms with E-state index in [9.17, 15) is 40.7 Å². The topological polar surface area (TPSA) is 103 Å². The maximum Gasteiger partial charge on any atom is 0.416 e. The van der Waals surface area contributed by atoms with Crippen LogP contribution in [0.2, 0.25) is 0 Å². The molecule has 0 spiro atoms. The number of rotatable bonds is 5. The number of halogens is 6. The largest absolute Gasteiger partial charge is 0.451 e. The van der Waals surface area contributed by atoms with E-state index in [0.29, 0.717) is 12.1 Å². The van der Waals surface area contributed by atoms with Crippen molar-refractivity contribution in [1.82, 2.24) is 10.2 Å². The van der Waals surface area contributed by atoms with Gasteiger partial charge in [0.25, 0.3) is 11.8 Å². The van der Waals surface area contributed by atoms with Gasteiger partial charge in [-0.25, -0.2) is 0 Å². The van der Waals surface area contributed by atoms with Gasteiger partial charge in [-0.1, -0.05) is 30.3 Å². The van der Waals surface area contributed by atoms with Crippen molar-refractivity contribution in [3.05, 3.63) is 117 Å². The smallest absolute Gasteiger partial charge is 0.416 e. The zero-order chi connectivity index (χ0) is 32.5. The average Bonchev–Trinajstić information content (AvgIpc) is 3.00. The number of hydrogen-bond acceptors (Lipinski definition) is 5. The lowest BCUT2D eigenvalue weighted by atomic mass is 9.91. The lowest BCUT2D eigenvalue weighted by molar-refractivity contribution is -0.143. The fourth-order valence-electron chi connectivity index (χ4n) is 5.37. The van der Waals surface area contributed by atoms with Crippen LogP contribution in [0.3, 0.4) is 0 Å². The van der Waals surface area contributed by atoms with E-state index in [0.717, 1.165) is 11.6 Å². The Morgan fingerprint density at radius 1 is 0.933 bits per heavy atom. The Kier molecular flexibility index (Phi) is 8.42. The van der Waals surface area contributed by atoms with Crippen molar-refractivity contribution >= 4 is 22.8 Å². The van der Waals surface area contributed by atoms with Crippen molar-refractivity contribution in [2.75, 3.05) is 6.54 Å². The van der Waals surface area contributed by atoms with Crippen LogP contribution in [0.4, 0.5) is 26.3 Å². The van der Waals surface area contributed by atoms with Crippen molar-refractivity contribution in [2.24, 2.45) is 0 Å². The Balaban J connectivity index is 1.41. The molecule has 13 heteroatoms. The van der Waals surface area contributed by atoms with Gasteiger partial charge in [-0.3, -0.25) is 14.4 Å².